The molecule has 0 unspecified atom stereocenters. The fraction of sp³-hybridized carbons (Fsp3) is 0.105. The fourth-order valence-electron chi connectivity index (χ4n) is 2.68. The molecule has 0 spiro atoms. The van der Waals surface area contributed by atoms with Crippen LogP contribution in [0.3, 0.4) is 0 Å². The van der Waals surface area contributed by atoms with Gasteiger partial charge in [0.1, 0.15) is 5.82 Å². The summed E-state index contributed by atoms with van der Waals surface area (Å²) in [6, 6.07) is 15.5. The number of benzene rings is 2. The van der Waals surface area contributed by atoms with Crippen molar-refractivity contribution in [3.05, 3.63) is 71.1 Å². The third-order valence-electron chi connectivity index (χ3n) is 4.02. The minimum Gasteiger partial charge on any atom is -0.241 e. The first-order valence-electron chi connectivity index (χ1n) is 8.07. The van der Waals surface area contributed by atoms with Crippen molar-refractivity contribution in [2.24, 2.45) is 0 Å². The van der Waals surface area contributed by atoms with E-state index in [0.717, 1.165) is 22.5 Å². The summed E-state index contributed by atoms with van der Waals surface area (Å²) in [6.07, 6.45) is 1.75. The monoisotopic (exact) mass is 362 g/mol. The van der Waals surface area contributed by atoms with E-state index in [1.54, 1.807) is 10.9 Å². The zero-order chi connectivity index (χ0) is 18.1. The van der Waals surface area contributed by atoms with Crippen LogP contribution in [0.25, 0.3) is 28.3 Å². The van der Waals surface area contributed by atoms with Gasteiger partial charge in [0.25, 0.3) is 0 Å². The molecule has 0 N–H and O–H groups in total. The molecule has 0 aliphatic heterocycles. The molecule has 0 radical (unpaired) electrons. The molecule has 7 heteroatoms. The fourth-order valence-corrected chi connectivity index (χ4v) is 2.80. The molecule has 0 amide bonds. The van der Waals surface area contributed by atoms with Gasteiger partial charge in [-0.3, -0.25) is 0 Å². The Kier molecular flexibility index (Phi) is 4.18. The Hall–Kier alpha value is -3.12. The van der Waals surface area contributed by atoms with Crippen molar-refractivity contribution < 1.29 is 0 Å². The summed E-state index contributed by atoms with van der Waals surface area (Å²) in [4.78, 5) is 8.96. The van der Waals surface area contributed by atoms with Gasteiger partial charge in [-0.2, -0.15) is 4.68 Å². The van der Waals surface area contributed by atoms with Crippen LogP contribution in [-0.4, -0.2) is 30.2 Å². The van der Waals surface area contributed by atoms with Crippen molar-refractivity contribution >= 4 is 11.6 Å². The number of nitrogens with zero attached hydrogens (tertiary/aromatic N) is 6. The van der Waals surface area contributed by atoms with Gasteiger partial charge in [-0.15, -0.1) is 5.10 Å². The molecule has 128 valence electrons. The molecule has 2 aromatic heterocycles. The van der Waals surface area contributed by atoms with Gasteiger partial charge < -0.3 is 0 Å². The van der Waals surface area contributed by atoms with E-state index in [0.29, 0.717) is 16.7 Å². The lowest BCUT2D eigenvalue weighted by Crippen LogP contribution is -2.03. The third kappa shape index (κ3) is 3.07. The molecule has 0 atom stereocenters. The van der Waals surface area contributed by atoms with E-state index in [2.05, 4.69) is 25.5 Å². The second-order valence-electron chi connectivity index (χ2n) is 5.94. The Balaban J connectivity index is 1.89. The number of hydrogen-bond acceptors (Lipinski definition) is 5. The zero-order valence-corrected chi connectivity index (χ0v) is 15.0. The van der Waals surface area contributed by atoms with Gasteiger partial charge in [0.2, 0.25) is 0 Å². The number of hydrogen-bond donors (Lipinski definition) is 0. The predicted molar refractivity (Wildman–Crippen MR) is 100 cm³/mol. The minimum absolute atomic E-state index is 0.582. The lowest BCUT2D eigenvalue weighted by molar-refractivity contribution is 0.790. The summed E-state index contributed by atoms with van der Waals surface area (Å²) < 4.78 is 1.69. The van der Waals surface area contributed by atoms with Crippen molar-refractivity contribution in [1.82, 2.24) is 30.2 Å². The molecule has 0 aliphatic carbocycles. The third-order valence-corrected chi connectivity index (χ3v) is 4.27. The maximum Gasteiger partial charge on any atom is 0.190 e. The molecule has 2 aromatic carbocycles. The van der Waals surface area contributed by atoms with Crippen molar-refractivity contribution in [2.45, 2.75) is 13.8 Å². The Morgan fingerprint density at radius 3 is 2.38 bits per heavy atom. The first-order chi connectivity index (χ1) is 12.6. The highest BCUT2D eigenvalue weighted by atomic mass is 35.5. The summed E-state index contributed by atoms with van der Waals surface area (Å²) in [5.41, 5.74) is 4.48. The van der Waals surface area contributed by atoms with Crippen molar-refractivity contribution in [1.29, 1.82) is 0 Å². The average molecular weight is 363 g/mol. The van der Waals surface area contributed by atoms with E-state index in [1.807, 2.05) is 62.4 Å². The number of aromatic nitrogens is 6. The summed E-state index contributed by atoms with van der Waals surface area (Å²) >= 11 is 6.02. The van der Waals surface area contributed by atoms with Crippen LogP contribution in [0.4, 0.5) is 0 Å². The van der Waals surface area contributed by atoms with Gasteiger partial charge in [-0.05, 0) is 48.5 Å². The van der Waals surface area contributed by atoms with E-state index in [9.17, 15) is 0 Å². The molecule has 0 bridgehead atoms. The van der Waals surface area contributed by atoms with Gasteiger partial charge >= 0.3 is 0 Å². The summed E-state index contributed by atoms with van der Waals surface area (Å²) in [7, 11) is 0. The molecule has 0 saturated carbocycles. The minimum atomic E-state index is 0.582. The highest BCUT2D eigenvalue weighted by molar-refractivity contribution is 6.30. The standard InChI is InChI=1S/C19H15ClN6/c1-12-3-9-16(10-4-12)26-19(23-24-25-26)17-11-21-13(2)22-18(17)14-5-7-15(20)8-6-14/h3-11H,1-2H3. The van der Waals surface area contributed by atoms with Crippen LogP contribution in [0, 0.1) is 13.8 Å². The van der Waals surface area contributed by atoms with E-state index in [4.69, 9.17) is 11.6 Å². The molecule has 26 heavy (non-hydrogen) atoms. The largest absolute Gasteiger partial charge is 0.241 e. The van der Waals surface area contributed by atoms with E-state index >= 15 is 0 Å². The van der Waals surface area contributed by atoms with Crippen LogP contribution in [0.1, 0.15) is 11.4 Å². The maximum atomic E-state index is 6.02. The molecule has 4 rings (SSSR count). The highest BCUT2D eigenvalue weighted by Crippen LogP contribution is 2.30. The predicted octanol–water partition coefficient (Wildman–Crippen LogP) is 4.06. The van der Waals surface area contributed by atoms with E-state index in [1.165, 1.54) is 5.56 Å². The van der Waals surface area contributed by atoms with Crippen molar-refractivity contribution in [3.63, 3.8) is 0 Å². The molecule has 4 aromatic rings. The van der Waals surface area contributed by atoms with Crippen LogP contribution in [0.5, 0.6) is 0 Å². The Morgan fingerprint density at radius 1 is 0.923 bits per heavy atom. The number of tetrazole rings is 1. The molecular formula is C19H15ClN6. The molecule has 0 aliphatic rings. The Morgan fingerprint density at radius 2 is 1.65 bits per heavy atom. The van der Waals surface area contributed by atoms with Crippen LogP contribution >= 0.6 is 11.6 Å². The van der Waals surface area contributed by atoms with Crippen molar-refractivity contribution in [3.8, 4) is 28.3 Å². The first-order valence-corrected chi connectivity index (χ1v) is 8.45. The number of halogens is 1. The van der Waals surface area contributed by atoms with Gasteiger partial charge in [0.15, 0.2) is 5.82 Å². The summed E-state index contributed by atoms with van der Waals surface area (Å²) in [6.45, 7) is 3.89. The van der Waals surface area contributed by atoms with Gasteiger partial charge in [-0.1, -0.05) is 41.4 Å². The van der Waals surface area contributed by atoms with Crippen molar-refractivity contribution in [2.75, 3.05) is 0 Å². The summed E-state index contributed by atoms with van der Waals surface area (Å²) in [5, 5.41) is 12.9. The zero-order valence-electron chi connectivity index (χ0n) is 14.3. The lowest BCUT2D eigenvalue weighted by atomic mass is 10.1. The number of aryl methyl sites for hydroxylation is 2. The Bertz CT molecular complexity index is 1050. The smallest absolute Gasteiger partial charge is 0.190 e. The van der Waals surface area contributed by atoms with Crippen LogP contribution in [-0.2, 0) is 0 Å². The highest BCUT2D eigenvalue weighted by Gasteiger charge is 2.18. The van der Waals surface area contributed by atoms with Crippen LogP contribution in [0.2, 0.25) is 5.02 Å². The Labute approximate surface area is 155 Å². The summed E-state index contributed by atoms with van der Waals surface area (Å²) in [5.74, 6) is 1.26. The van der Waals surface area contributed by atoms with E-state index in [-0.39, 0.29) is 0 Å². The quantitative estimate of drug-likeness (QED) is 0.549. The maximum absolute atomic E-state index is 6.02. The average Bonchev–Trinajstić information content (AvgIpc) is 3.12. The molecular weight excluding hydrogens is 348 g/mol. The molecule has 0 saturated heterocycles. The number of rotatable bonds is 3. The lowest BCUT2D eigenvalue weighted by Gasteiger charge is -2.10. The van der Waals surface area contributed by atoms with Gasteiger partial charge in [0, 0.05) is 16.8 Å². The van der Waals surface area contributed by atoms with Gasteiger partial charge in [-0.25, -0.2) is 9.97 Å². The second kappa shape index (κ2) is 6.65. The second-order valence-corrected chi connectivity index (χ2v) is 6.37. The van der Waals surface area contributed by atoms with Crippen LogP contribution < -0.4 is 0 Å². The van der Waals surface area contributed by atoms with E-state index < -0.39 is 0 Å². The molecule has 6 nitrogen and oxygen atoms in total. The first kappa shape index (κ1) is 16.4. The topological polar surface area (TPSA) is 69.4 Å². The van der Waals surface area contributed by atoms with Crippen LogP contribution in [0.15, 0.2) is 54.7 Å². The SMILES string of the molecule is Cc1ccc(-n2nnnc2-c2cnc(C)nc2-c2ccc(Cl)cc2)cc1. The molecule has 0 fully saturated rings. The normalized spacial score (nSPS) is 10.9. The van der Waals surface area contributed by atoms with Gasteiger partial charge in [0.05, 0.1) is 16.9 Å². The molecule has 2 heterocycles.